The van der Waals surface area contributed by atoms with E-state index in [9.17, 15) is 4.79 Å². The highest BCUT2D eigenvalue weighted by Crippen LogP contribution is 2.16. The Morgan fingerprint density at radius 1 is 1.10 bits per heavy atom. The van der Waals surface area contributed by atoms with Gasteiger partial charge in [-0.05, 0) is 49.2 Å². The van der Waals surface area contributed by atoms with Crippen molar-refractivity contribution in [2.24, 2.45) is 0 Å². The van der Waals surface area contributed by atoms with Gasteiger partial charge in [0.1, 0.15) is 5.75 Å². The first-order valence-electron chi connectivity index (χ1n) is 6.58. The summed E-state index contributed by atoms with van der Waals surface area (Å²) >= 11 is 0. The van der Waals surface area contributed by atoms with E-state index in [1.807, 2.05) is 44.2 Å². The number of hydrogen-bond donors (Lipinski definition) is 1. The van der Waals surface area contributed by atoms with Crippen molar-refractivity contribution < 1.29 is 9.53 Å². The molecule has 2 rings (SSSR count). The number of carbonyl (C=O) groups excluding carboxylic acids is 1. The molecule has 0 aromatic heterocycles. The van der Waals surface area contributed by atoms with Crippen LogP contribution in [0.25, 0.3) is 0 Å². The Morgan fingerprint density at radius 3 is 2.45 bits per heavy atom. The molecule has 2 aromatic rings. The summed E-state index contributed by atoms with van der Waals surface area (Å²) in [5, 5.41) is 2.89. The summed E-state index contributed by atoms with van der Waals surface area (Å²) in [5.41, 5.74) is 4.15. The fourth-order valence-electron chi connectivity index (χ4n) is 2.04. The lowest BCUT2D eigenvalue weighted by atomic mass is 10.0. The summed E-state index contributed by atoms with van der Waals surface area (Å²) in [6.45, 7) is 4.06. The highest BCUT2D eigenvalue weighted by molar-refractivity contribution is 5.92. The lowest BCUT2D eigenvalue weighted by molar-refractivity contribution is -0.115. The maximum atomic E-state index is 12.1. The van der Waals surface area contributed by atoms with Crippen LogP contribution in [0.2, 0.25) is 0 Å². The molecule has 0 aliphatic rings. The van der Waals surface area contributed by atoms with Crippen LogP contribution in [0.1, 0.15) is 16.7 Å². The number of benzene rings is 2. The minimum atomic E-state index is -0.0103. The summed E-state index contributed by atoms with van der Waals surface area (Å²) in [4.78, 5) is 12.1. The van der Waals surface area contributed by atoms with Gasteiger partial charge in [-0.25, -0.2) is 0 Å². The lowest BCUT2D eigenvalue weighted by Gasteiger charge is -2.09. The second kappa shape index (κ2) is 6.24. The molecule has 104 valence electrons. The van der Waals surface area contributed by atoms with Crippen molar-refractivity contribution in [2.75, 3.05) is 12.4 Å². The third-order valence-electron chi connectivity index (χ3n) is 3.23. The van der Waals surface area contributed by atoms with Gasteiger partial charge >= 0.3 is 0 Å². The third-order valence-corrected chi connectivity index (χ3v) is 3.23. The van der Waals surface area contributed by atoms with Gasteiger partial charge in [-0.15, -0.1) is 0 Å². The number of anilines is 1. The van der Waals surface area contributed by atoms with Crippen LogP contribution < -0.4 is 10.1 Å². The van der Waals surface area contributed by atoms with Gasteiger partial charge in [-0.3, -0.25) is 4.79 Å². The summed E-state index contributed by atoms with van der Waals surface area (Å²) in [7, 11) is 1.62. The smallest absolute Gasteiger partial charge is 0.228 e. The second-order valence-electron chi connectivity index (χ2n) is 4.88. The van der Waals surface area contributed by atoms with Crippen molar-refractivity contribution in [3.63, 3.8) is 0 Å². The van der Waals surface area contributed by atoms with Crippen molar-refractivity contribution in [1.29, 1.82) is 0 Å². The number of methoxy groups -OCH3 is 1. The van der Waals surface area contributed by atoms with E-state index in [1.54, 1.807) is 7.11 Å². The molecule has 0 radical (unpaired) electrons. The molecule has 0 fully saturated rings. The maximum Gasteiger partial charge on any atom is 0.228 e. The Morgan fingerprint density at radius 2 is 1.80 bits per heavy atom. The molecule has 0 spiro atoms. The topological polar surface area (TPSA) is 38.3 Å². The number of ether oxygens (including phenoxy) is 1. The van der Waals surface area contributed by atoms with Crippen molar-refractivity contribution in [1.82, 2.24) is 0 Å². The average Bonchev–Trinajstić information content (AvgIpc) is 2.43. The molecule has 3 heteroatoms. The van der Waals surface area contributed by atoms with E-state index >= 15 is 0 Å². The molecule has 0 unspecified atom stereocenters. The van der Waals surface area contributed by atoms with E-state index in [1.165, 1.54) is 5.56 Å². The van der Waals surface area contributed by atoms with Crippen LogP contribution in [0.5, 0.6) is 5.75 Å². The highest BCUT2D eigenvalue weighted by Gasteiger charge is 2.07. The van der Waals surface area contributed by atoms with E-state index < -0.39 is 0 Å². The zero-order valence-corrected chi connectivity index (χ0v) is 12.1. The van der Waals surface area contributed by atoms with Crippen molar-refractivity contribution >= 4 is 11.6 Å². The molecular formula is C17H19NO2. The molecule has 0 saturated heterocycles. The van der Waals surface area contributed by atoms with E-state index in [0.29, 0.717) is 6.42 Å². The maximum absolute atomic E-state index is 12.1. The van der Waals surface area contributed by atoms with E-state index in [4.69, 9.17) is 4.74 Å². The van der Waals surface area contributed by atoms with Gasteiger partial charge in [0.25, 0.3) is 0 Å². The third kappa shape index (κ3) is 3.60. The fourth-order valence-corrected chi connectivity index (χ4v) is 2.04. The molecule has 1 amide bonds. The Balaban J connectivity index is 2.03. The minimum absolute atomic E-state index is 0.0103. The SMILES string of the molecule is COc1ccc(NC(=O)Cc2cc(C)ccc2C)cc1. The van der Waals surface area contributed by atoms with Gasteiger partial charge in [-0.1, -0.05) is 23.8 Å². The number of carbonyl (C=O) groups is 1. The number of aryl methyl sites for hydroxylation is 2. The van der Waals surface area contributed by atoms with Crippen LogP contribution in [-0.4, -0.2) is 13.0 Å². The van der Waals surface area contributed by atoms with Crippen molar-refractivity contribution in [3.8, 4) is 5.75 Å². The van der Waals surface area contributed by atoms with Gasteiger partial charge in [0.05, 0.1) is 13.5 Å². The molecule has 1 N–H and O–H groups in total. The van der Waals surface area contributed by atoms with Gasteiger partial charge in [0, 0.05) is 5.69 Å². The summed E-state index contributed by atoms with van der Waals surface area (Å²) in [6, 6.07) is 13.5. The largest absolute Gasteiger partial charge is 0.497 e. The summed E-state index contributed by atoms with van der Waals surface area (Å²) in [5.74, 6) is 0.765. The monoisotopic (exact) mass is 269 g/mol. The standard InChI is InChI=1S/C17H19NO2/c1-12-4-5-13(2)14(10-12)11-17(19)18-15-6-8-16(20-3)9-7-15/h4-10H,11H2,1-3H3,(H,18,19). The van der Waals surface area contributed by atoms with Crippen LogP contribution in [0.3, 0.4) is 0 Å². The number of nitrogens with one attached hydrogen (secondary N) is 1. The van der Waals surface area contributed by atoms with Crippen molar-refractivity contribution in [2.45, 2.75) is 20.3 Å². The second-order valence-corrected chi connectivity index (χ2v) is 4.88. The summed E-state index contributed by atoms with van der Waals surface area (Å²) in [6.07, 6.45) is 0.388. The molecule has 2 aromatic carbocycles. The van der Waals surface area contributed by atoms with Crippen LogP contribution in [-0.2, 0) is 11.2 Å². The Hall–Kier alpha value is -2.29. The average molecular weight is 269 g/mol. The number of amides is 1. The first kappa shape index (κ1) is 14.1. The number of hydrogen-bond acceptors (Lipinski definition) is 2. The Bertz CT molecular complexity index is 603. The quantitative estimate of drug-likeness (QED) is 0.922. The zero-order valence-electron chi connectivity index (χ0n) is 12.1. The first-order valence-corrected chi connectivity index (χ1v) is 6.58. The molecule has 20 heavy (non-hydrogen) atoms. The zero-order chi connectivity index (χ0) is 14.5. The lowest BCUT2D eigenvalue weighted by Crippen LogP contribution is -2.15. The Kier molecular flexibility index (Phi) is 4.41. The van der Waals surface area contributed by atoms with Crippen LogP contribution in [0.4, 0.5) is 5.69 Å². The predicted molar refractivity (Wildman–Crippen MR) is 81.2 cm³/mol. The van der Waals surface area contributed by atoms with Crippen molar-refractivity contribution in [3.05, 3.63) is 59.2 Å². The van der Waals surface area contributed by atoms with E-state index in [2.05, 4.69) is 17.4 Å². The molecule has 3 nitrogen and oxygen atoms in total. The van der Waals surface area contributed by atoms with E-state index in [-0.39, 0.29) is 5.91 Å². The van der Waals surface area contributed by atoms with Crippen LogP contribution >= 0.6 is 0 Å². The fraction of sp³-hybridized carbons (Fsp3) is 0.235. The molecule has 0 heterocycles. The minimum Gasteiger partial charge on any atom is -0.497 e. The molecule has 0 bridgehead atoms. The normalized spacial score (nSPS) is 10.2. The molecule has 0 saturated carbocycles. The molecule has 0 aliphatic heterocycles. The van der Waals surface area contributed by atoms with Gasteiger partial charge in [0.15, 0.2) is 0 Å². The molecule has 0 atom stereocenters. The van der Waals surface area contributed by atoms with Gasteiger partial charge in [-0.2, -0.15) is 0 Å². The first-order chi connectivity index (χ1) is 9.58. The van der Waals surface area contributed by atoms with Crippen LogP contribution in [0, 0.1) is 13.8 Å². The number of rotatable bonds is 4. The van der Waals surface area contributed by atoms with Gasteiger partial charge in [0.2, 0.25) is 5.91 Å². The van der Waals surface area contributed by atoms with Gasteiger partial charge < -0.3 is 10.1 Å². The summed E-state index contributed by atoms with van der Waals surface area (Å²) < 4.78 is 5.09. The predicted octanol–water partition coefficient (Wildman–Crippen LogP) is 3.49. The highest BCUT2D eigenvalue weighted by atomic mass is 16.5. The van der Waals surface area contributed by atoms with Crippen LogP contribution in [0.15, 0.2) is 42.5 Å². The molecular weight excluding hydrogens is 250 g/mol. The Labute approximate surface area is 119 Å². The molecule has 0 aliphatic carbocycles. The van der Waals surface area contributed by atoms with E-state index in [0.717, 1.165) is 22.6 Å².